The summed E-state index contributed by atoms with van der Waals surface area (Å²) in [6.07, 6.45) is 10.1. The van der Waals surface area contributed by atoms with Gasteiger partial charge in [0.1, 0.15) is 0 Å². The number of benzene rings is 1. The fourth-order valence-electron chi connectivity index (χ4n) is 6.24. The molecule has 6 rings (SSSR count). The Bertz CT molecular complexity index is 867. The van der Waals surface area contributed by atoms with Gasteiger partial charge in [0.05, 0.1) is 6.10 Å². The Morgan fingerprint density at radius 1 is 1.14 bits per heavy atom. The van der Waals surface area contributed by atoms with Crippen LogP contribution in [0.2, 0.25) is 0 Å². The minimum Gasteiger partial charge on any atom is -0.381 e. The van der Waals surface area contributed by atoms with Gasteiger partial charge >= 0.3 is 0 Å². The predicted octanol–water partition coefficient (Wildman–Crippen LogP) is 3.77. The number of carbonyl (C=O) groups excluding carboxylic acids is 1. The largest absolute Gasteiger partial charge is 0.381 e. The molecule has 5 heteroatoms. The van der Waals surface area contributed by atoms with Gasteiger partial charge in [-0.05, 0) is 92.6 Å². The highest BCUT2D eigenvalue weighted by atomic mass is 32.1. The van der Waals surface area contributed by atoms with Crippen molar-refractivity contribution in [2.75, 3.05) is 7.11 Å². The maximum absolute atomic E-state index is 14.1. The molecule has 1 N–H and O–H groups in total. The molecule has 1 aromatic rings. The number of fused-ring (bicyclic) bond motifs is 3. The van der Waals surface area contributed by atoms with Gasteiger partial charge in [0.25, 0.3) is 5.91 Å². The van der Waals surface area contributed by atoms with Gasteiger partial charge < -0.3 is 10.1 Å². The second kappa shape index (κ2) is 5.79. The van der Waals surface area contributed by atoms with E-state index in [1.165, 1.54) is 29.5 Å². The normalized spacial score (nSPS) is 37.0. The van der Waals surface area contributed by atoms with Gasteiger partial charge in [-0.3, -0.25) is 9.69 Å². The summed E-state index contributed by atoms with van der Waals surface area (Å²) in [5, 5.41) is 4.31. The van der Waals surface area contributed by atoms with Crippen molar-refractivity contribution in [3.63, 3.8) is 0 Å². The van der Waals surface area contributed by atoms with Gasteiger partial charge in [0.2, 0.25) is 0 Å². The van der Waals surface area contributed by atoms with Crippen LogP contribution in [0.1, 0.15) is 74.0 Å². The van der Waals surface area contributed by atoms with Gasteiger partial charge in [0, 0.05) is 18.6 Å². The first kappa shape index (κ1) is 17.4. The fourth-order valence-corrected chi connectivity index (χ4v) is 6.62. The summed E-state index contributed by atoms with van der Waals surface area (Å²) < 4.78 is 5.66. The van der Waals surface area contributed by atoms with E-state index in [2.05, 4.69) is 23.5 Å². The van der Waals surface area contributed by atoms with Crippen molar-refractivity contribution in [3.05, 3.63) is 34.9 Å². The first-order chi connectivity index (χ1) is 13.6. The number of ether oxygens (including phenoxy) is 1. The Morgan fingerprint density at radius 3 is 2.54 bits per heavy atom. The standard InChI is InChI=1S/C23H28N2O2S/c1-27-18-8-10-22(11-9-18)13-16-5-4-15(14-2-3-14)12-19(16)23(22)20(26)25(17-6-7-17)21(28)24-23/h4-5,12,14,17-18H,2-3,6-11,13H2,1H3,(H,24,28). The molecular weight excluding hydrogens is 368 g/mol. The molecule has 4 aliphatic carbocycles. The summed E-state index contributed by atoms with van der Waals surface area (Å²) in [5.74, 6) is 0.911. The third-order valence-corrected chi connectivity index (χ3v) is 8.40. The Morgan fingerprint density at radius 2 is 1.89 bits per heavy atom. The smallest absolute Gasteiger partial charge is 0.260 e. The molecule has 2 spiro atoms. The second-order valence-corrected chi connectivity index (χ2v) is 10.1. The average Bonchev–Trinajstić information content (AvgIpc) is 3.62. The lowest BCUT2D eigenvalue weighted by Gasteiger charge is -2.46. The third-order valence-electron chi connectivity index (χ3n) is 8.10. The minimum atomic E-state index is -0.661. The van der Waals surface area contributed by atoms with Crippen molar-refractivity contribution in [1.29, 1.82) is 0 Å². The summed E-state index contributed by atoms with van der Waals surface area (Å²) in [7, 11) is 1.81. The molecule has 3 saturated carbocycles. The summed E-state index contributed by atoms with van der Waals surface area (Å²) in [4.78, 5) is 16.0. The van der Waals surface area contributed by atoms with E-state index in [4.69, 9.17) is 17.0 Å². The molecule has 1 atom stereocenters. The molecule has 5 aliphatic rings. The SMILES string of the molecule is COC1CCC2(CC1)Cc1ccc(C3CC3)cc1C21NC(=S)N(C2CC2)C1=O. The molecule has 1 aromatic carbocycles. The van der Waals surface area contributed by atoms with E-state index in [0.717, 1.165) is 44.9 Å². The number of hydrogen-bond acceptors (Lipinski definition) is 3. The maximum atomic E-state index is 14.1. The van der Waals surface area contributed by atoms with Gasteiger partial charge in [0.15, 0.2) is 10.7 Å². The number of rotatable bonds is 3. The number of nitrogens with one attached hydrogen (secondary N) is 1. The Balaban J connectivity index is 1.49. The molecular formula is C23H28N2O2S. The monoisotopic (exact) mass is 396 g/mol. The van der Waals surface area contributed by atoms with Crippen LogP contribution in [-0.4, -0.2) is 35.2 Å². The zero-order chi connectivity index (χ0) is 19.1. The lowest BCUT2D eigenvalue weighted by molar-refractivity contribution is -0.138. The van der Waals surface area contributed by atoms with E-state index < -0.39 is 5.54 Å². The molecule has 1 unspecified atom stereocenters. The molecule has 1 amide bonds. The molecule has 148 valence electrons. The van der Waals surface area contributed by atoms with Crippen LogP contribution in [0, 0.1) is 5.41 Å². The molecule has 0 radical (unpaired) electrons. The lowest BCUT2D eigenvalue weighted by atomic mass is 9.61. The van der Waals surface area contributed by atoms with Crippen LogP contribution in [0.5, 0.6) is 0 Å². The van der Waals surface area contributed by atoms with Gasteiger partial charge in [-0.2, -0.15) is 0 Å². The lowest BCUT2D eigenvalue weighted by Crippen LogP contribution is -2.56. The molecule has 1 heterocycles. The van der Waals surface area contributed by atoms with E-state index in [0.29, 0.717) is 23.2 Å². The number of carbonyl (C=O) groups is 1. The summed E-state index contributed by atoms with van der Waals surface area (Å²) >= 11 is 5.74. The Hall–Kier alpha value is -1.46. The highest BCUT2D eigenvalue weighted by molar-refractivity contribution is 7.80. The van der Waals surface area contributed by atoms with Crippen LogP contribution in [0.4, 0.5) is 0 Å². The first-order valence-electron chi connectivity index (χ1n) is 10.9. The summed E-state index contributed by atoms with van der Waals surface area (Å²) in [6.45, 7) is 0. The Kier molecular flexibility index (Phi) is 3.60. The fraction of sp³-hybridized carbons (Fsp3) is 0.652. The van der Waals surface area contributed by atoms with E-state index in [1.54, 1.807) is 0 Å². The van der Waals surface area contributed by atoms with E-state index in [9.17, 15) is 4.79 Å². The number of hydrogen-bond donors (Lipinski definition) is 1. The van der Waals surface area contributed by atoms with Crippen molar-refractivity contribution >= 4 is 23.2 Å². The van der Waals surface area contributed by atoms with Crippen LogP contribution in [0.25, 0.3) is 0 Å². The minimum absolute atomic E-state index is 0.0860. The molecule has 28 heavy (non-hydrogen) atoms. The van der Waals surface area contributed by atoms with Crippen molar-refractivity contribution in [2.45, 2.75) is 81.4 Å². The van der Waals surface area contributed by atoms with Crippen LogP contribution in [-0.2, 0) is 21.5 Å². The van der Waals surface area contributed by atoms with Crippen LogP contribution >= 0.6 is 12.2 Å². The van der Waals surface area contributed by atoms with Gasteiger partial charge in [-0.1, -0.05) is 18.2 Å². The van der Waals surface area contributed by atoms with Crippen molar-refractivity contribution in [3.8, 4) is 0 Å². The van der Waals surface area contributed by atoms with E-state index >= 15 is 0 Å². The van der Waals surface area contributed by atoms with Crippen LogP contribution in [0.15, 0.2) is 18.2 Å². The van der Waals surface area contributed by atoms with Crippen LogP contribution < -0.4 is 5.32 Å². The van der Waals surface area contributed by atoms with Crippen molar-refractivity contribution < 1.29 is 9.53 Å². The van der Waals surface area contributed by atoms with Gasteiger partial charge in [-0.25, -0.2) is 0 Å². The number of nitrogens with zero attached hydrogens (tertiary/aromatic N) is 1. The maximum Gasteiger partial charge on any atom is 0.260 e. The topological polar surface area (TPSA) is 41.6 Å². The summed E-state index contributed by atoms with van der Waals surface area (Å²) in [5.41, 5.74) is 3.24. The van der Waals surface area contributed by atoms with E-state index in [-0.39, 0.29) is 11.3 Å². The Labute approximate surface area is 172 Å². The van der Waals surface area contributed by atoms with Gasteiger partial charge in [-0.15, -0.1) is 0 Å². The molecule has 0 bridgehead atoms. The third kappa shape index (κ3) is 2.20. The zero-order valence-electron chi connectivity index (χ0n) is 16.5. The molecule has 1 aliphatic heterocycles. The number of amides is 1. The second-order valence-electron chi connectivity index (χ2n) is 9.67. The highest BCUT2D eigenvalue weighted by Gasteiger charge is 2.68. The predicted molar refractivity (Wildman–Crippen MR) is 111 cm³/mol. The first-order valence-corrected chi connectivity index (χ1v) is 11.3. The molecule has 4 nitrogen and oxygen atoms in total. The quantitative estimate of drug-likeness (QED) is 0.790. The summed E-state index contributed by atoms with van der Waals surface area (Å²) in [6, 6.07) is 7.28. The molecule has 0 aromatic heterocycles. The average molecular weight is 397 g/mol. The highest BCUT2D eigenvalue weighted by Crippen LogP contribution is 2.61. The van der Waals surface area contributed by atoms with E-state index in [1.807, 2.05) is 12.0 Å². The van der Waals surface area contributed by atoms with Crippen molar-refractivity contribution in [2.24, 2.45) is 5.41 Å². The zero-order valence-corrected chi connectivity index (χ0v) is 17.3. The number of thiocarbonyl (C=S) groups is 1. The molecule has 4 fully saturated rings. The molecule has 1 saturated heterocycles. The number of methoxy groups -OCH3 is 1. The van der Waals surface area contributed by atoms with Crippen molar-refractivity contribution in [1.82, 2.24) is 10.2 Å². The van der Waals surface area contributed by atoms with Crippen LogP contribution in [0.3, 0.4) is 0 Å².